The molecular weight excluding hydrogens is 1390 g/mol. The molecule has 0 bridgehead atoms. The minimum atomic E-state index is -4.94. The van der Waals surface area contributed by atoms with Gasteiger partial charge in [-0.15, -0.1) is 0 Å². The first-order valence-electron chi connectivity index (χ1n) is 42.5. The molecule has 0 aliphatic rings. The van der Waals surface area contributed by atoms with Crippen LogP contribution in [0.5, 0.6) is 0 Å². The first kappa shape index (κ1) is 103. The monoisotopic (exact) mass is 1540 g/mol. The molecule has 0 amide bonds. The number of allylic oxidation sites excluding steroid dienone is 22. The van der Waals surface area contributed by atoms with Gasteiger partial charge in [0.05, 0.1) is 26.4 Å². The lowest BCUT2D eigenvalue weighted by atomic mass is 10.0. The molecule has 0 heterocycles. The first-order valence-corrected chi connectivity index (χ1v) is 45.5. The van der Waals surface area contributed by atoms with Crippen LogP contribution in [0, 0.1) is 0 Å². The molecule has 4 N–H and O–H groups in total. The highest BCUT2D eigenvalue weighted by atomic mass is 31.2. The van der Waals surface area contributed by atoms with E-state index in [2.05, 4.69) is 154 Å². The van der Waals surface area contributed by atoms with Crippen LogP contribution in [0.4, 0.5) is 0 Å². The normalized spacial score (nSPS) is 14.6. The number of phosphoric ester groups is 2. The van der Waals surface area contributed by atoms with Crippen LogP contribution in [-0.2, 0) is 55.8 Å². The van der Waals surface area contributed by atoms with Crippen molar-refractivity contribution in [3.63, 3.8) is 0 Å². The predicted octanol–water partition coefficient (Wildman–Crippen LogP) is 25.4. The highest BCUT2D eigenvalue weighted by Gasteiger charge is 2.29. The molecule has 0 radical (unpaired) electrons. The number of aliphatic hydroxyl groups excluding tert-OH is 2. The molecule has 0 saturated carbocycles. The van der Waals surface area contributed by atoms with Gasteiger partial charge < -0.3 is 34.2 Å². The van der Waals surface area contributed by atoms with Gasteiger partial charge in [0.25, 0.3) is 0 Å². The van der Waals surface area contributed by atoms with Crippen molar-refractivity contribution in [1.82, 2.24) is 0 Å². The Labute approximate surface area is 652 Å². The Morgan fingerprint density at radius 2 is 0.495 bits per heavy atom. The van der Waals surface area contributed by atoms with Crippen molar-refractivity contribution in [2.75, 3.05) is 39.6 Å². The summed E-state index contributed by atoms with van der Waals surface area (Å²) in [5.41, 5.74) is 0. The summed E-state index contributed by atoms with van der Waals surface area (Å²) in [6.07, 6.45) is 99.2. The maximum Gasteiger partial charge on any atom is 0.472 e. The van der Waals surface area contributed by atoms with Crippen molar-refractivity contribution in [2.45, 2.75) is 373 Å². The zero-order valence-electron chi connectivity index (χ0n) is 67.5. The average Bonchev–Trinajstić information content (AvgIpc) is 0.906. The van der Waals surface area contributed by atoms with Crippen LogP contribution >= 0.6 is 15.6 Å². The Morgan fingerprint density at radius 3 is 0.813 bits per heavy atom. The van der Waals surface area contributed by atoms with E-state index in [-0.39, 0.29) is 19.3 Å². The van der Waals surface area contributed by atoms with Crippen molar-refractivity contribution < 1.29 is 75.8 Å². The second-order valence-electron chi connectivity index (χ2n) is 28.2. The quantitative estimate of drug-likeness (QED) is 0.0146. The molecule has 18 heteroatoms. The van der Waals surface area contributed by atoms with Crippen molar-refractivity contribution in [2.24, 2.45) is 0 Å². The number of hydrogen-bond acceptors (Lipinski definition) is 14. The number of phosphoric acid groups is 2. The fourth-order valence-electron chi connectivity index (χ4n) is 11.4. The zero-order valence-corrected chi connectivity index (χ0v) is 69.3. The van der Waals surface area contributed by atoms with Crippen LogP contribution in [0.15, 0.2) is 134 Å². The summed E-state index contributed by atoms with van der Waals surface area (Å²) in [7, 11) is -9.80. The molecular formula is C89H154O16P2. The van der Waals surface area contributed by atoms with E-state index in [0.29, 0.717) is 19.3 Å². The summed E-state index contributed by atoms with van der Waals surface area (Å²) in [5.74, 6) is -1.58. The van der Waals surface area contributed by atoms with Crippen LogP contribution < -0.4 is 0 Å². The average molecular weight is 1540 g/mol. The Hall–Kier alpha value is -4.31. The van der Waals surface area contributed by atoms with E-state index in [1.54, 1.807) is 0 Å². The maximum absolute atomic E-state index is 13.0. The minimum Gasteiger partial charge on any atom is -0.463 e. The standard InChI is InChI=1S/C89H154O16P2/c1-4-7-10-13-16-19-22-25-28-30-32-34-36-38-39-40-41-42-43-45-47-48-50-52-55-57-60-63-66-69-72-75-87(92)99-78-84(90)79-101-106(95,96)102-80-85(91)81-103-107(97,98)104-83-86(105-89(94)77-74-71-68-65-62-59-54-27-24-21-18-15-12-9-6-3)82-100-88(93)76-73-70-67-64-61-58-56-53-51-49-46-44-37-35-33-31-29-26-23-20-17-14-11-8-5-2/h7,10,16-17,19-20,25-29,32-35,38-39,41-42,44,46,54,84-86,90-91H,4-6,8-9,11-15,18,21-24,30-31,36-37,40,43,45,47-53,55-83H2,1-3H3,(H,95,96)(H,97,98)/b10-7-,19-16-,20-17-,28-25-,29-26-,34-32-,35-33-,39-38-,42-41-,46-44-,54-27-. The van der Waals surface area contributed by atoms with Crippen molar-refractivity contribution >= 4 is 33.6 Å². The summed E-state index contributed by atoms with van der Waals surface area (Å²) in [6, 6.07) is 0. The van der Waals surface area contributed by atoms with Gasteiger partial charge in [-0.2, -0.15) is 0 Å². The molecule has 0 aromatic rings. The predicted molar refractivity (Wildman–Crippen MR) is 445 cm³/mol. The summed E-state index contributed by atoms with van der Waals surface area (Å²) in [4.78, 5) is 58.8. The maximum atomic E-state index is 13.0. The van der Waals surface area contributed by atoms with Gasteiger partial charge >= 0.3 is 33.6 Å². The molecule has 0 rings (SSSR count). The zero-order chi connectivity index (χ0) is 78.0. The van der Waals surface area contributed by atoms with Crippen LogP contribution in [0.25, 0.3) is 0 Å². The van der Waals surface area contributed by atoms with E-state index in [4.69, 9.17) is 32.3 Å². The van der Waals surface area contributed by atoms with E-state index >= 15 is 0 Å². The number of rotatable bonds is 80. The third-order valence-electron chi connectivity index (χ3n) is 17.8. The first-order chi connectivity index (χ1) is 52.2. The van der Waals surface area contributed by atoms with E-state index < -0.39 is 91.5 Å². The second kappa shape index (κ2) is 81.2. The van der Waals surface area contributed by atoms with Gasteiger partial charge in [-0.3, -0.25) is 32.5 Å². The summed E-state index contributed by atoms with van der Waals surface area (Å²) >= 11 is 0. The summed E-state index contributed by atoms with van der Waals surface area (Å²) < 4.78 is 61.3. The smallest absolute Gasteiger partial charge is 0.463 e. The number of unbranched alkanes of at least 4 members (excludes halogenated alkanes) is 35. The number of hydrogen-bond donors (Lipinski definition) is 4. The van der Waals surface area contributed by atoms with Gasteiger partial charge in [0, 0.05) is 19.3 Å². The lowest BCUT2D eigenvalue weighted by Crippen LogP contribution is -2.30. The SMILES string of the molecule is CC/C=C\C/C=C\C/C=C\C/C=C\C/C=C\C/C=C\CCCCCCCCCCCCCCC(=O)OCC(O)COP(=O)(O)OCC(O)COP(=O)(O)OCC(COC(=O)CCCCCCCCCCC/C=C\C/C=C\C/C=C\C/C=C\CCCCC)OC(=O)CCCCCCC/C=C\CCCCCCCC. The molecule has 16 nitrogen and oxygen atoms in total. The number of carbonyl (C=O) groups is 3. The lowest BCUT2D eigenvalue weighted by Gasteiger charge is -2.21. The molecule has 0 aliphatic heterocycles. The second-order valence-corrected chi connectivity index (χ2v) is 31.2. The third-order valence-corrected chi connectivity index (χ3v) is 19.7. The third kappa shape index (κ3) is 82.5. The largest absolute Gasteiger partial charge is 0.472 e. The van der Waals surface area contributed by atoms with E-state index in [1.165, 1.54) is 141 Å². The van der Waals surface area contributed by atoms with Crippen LogP contribution in [-0.4, -0.2) is 95.9 Å². The number of ether oxygens (including phenoxy) is 3. The van der Waals surface area contributed by atoms with Crippen LogP contribution in [0.3, 0.4) is 0 Å². The van der Waals surface area contributed by atoms with Crippen molar-refractivity contribution in [3.05, 3.63) is 134 Å². The molecule has 0 saturated heterocycles. The van der Waals surface area contributed by atoms with E-state index in [1.807, 2.05) is 0 Å². The Bertz CT molecular complexity index is 2480. The lowest BCUT2D eigenvalue weighted by molar-refractivity contribution is -0.161. The Kier molecular flexibility index (Phi) is 77.9. The number of aliphatic hydroxyl groups is 2. The molecule has 0 spiro atoms. The molecule has 107 heavy (non-hydrogen) atoms. The van der Waals surface area contributed by atoms with E-state index in [0.717, 1.165) is 154 Å². The van der Waals surface area contributed by atoms with Gasteiger partial charge in [0.1, 0.15) is 25.4 Å². The number of carbonyl (C=O) groups excluding carboxylic acids is 3. The molecule has 0 aromatic carbocycles. The molecule has 0 aliphatic carbocycles. The Balaban J connectivity index is 4.52. The van der Waals surface area contributed by atoms with Gasteiger partial charge in [-0.25, -0.2) is 9.13 Å². The minimum absolute atomic E-state index is 0.0925. The molecule has 5 atom stereocenters. The van der Waals surface area contributed by atoms with Crippen LogP contribution in [0.2, 0.25) is 0 Å². The van der Waals surface area contributed by atoms with Crippen LogP contribution in [0.1, 0.15) is 355 Å². The van der Waals surface area contributed by atoms with Gasteiger partial charge in [-0.05, 0) is 141 Å². The van der Waals surface area contributed by atoms with Gasteiger partial charge in [-0.1, -0.05) is 328 Å². The van der Waals surface area contributed by atoms with E-state index in [9.17, 15) is 43.5 Å². The fourth-order valence-corrected chi connectivity index (χ4v) is 13.0. The van der Waals surface area contributed by atoms with Gasteiger partial charge in [0.2, 0.25) is 0 Å². The molecule has 0 aromatic heterocycles. The highest BCUT2D eigenvalue weighted by molar-refractivity contribution is 7.47. The Morgan fingerprint density at radius 1 is 0.271 bits per heavy atom. The van der Waals surface area contributed by atoms with Gasteiger partial charge in [0.15, 0.2) is 6.10 Å². The van der Waals surface area contributed by atoms with Crippen molar-refractivity contribution in [1.29, 1.82) is 0 Å². The van der Waals surface area contributed by atoms with Crippen molar-refractivity contribution in [3.8, 4) is 0 Å². The topological polar surface area (TPSA) is 231 Å². The molecule has 616 valence electrons. The fraction of sp³-hybridized carbons (Fsp3) is 0.719. The summed E-state index contributed by atoms with van der Waals surface area (Å²) in [6.45, 7) is 2.55. The summed E-state index contributed by atoms with van der Waals surface area (Å²) in [5, 5.41) is 20.7. The molecule has 5 unspecified atom stereocenters. The highest BCUT2D eigenvalue weighted by Crippen LogP contribution is 2.45. The molecule has 0 fully saturated rings. The number of esters is 3.